The molecule has 31 heavy (non-hydrogen) atoms. The van der Waals surface area contributed by atoms with E-state index in [4.69, 9.17) is 9.47 Å². The van der Waals surface area contributed by atoms with Gasteiger partial charge in [-0.1, -0.05) is 6.07 Å². The zero-order valence-electron chi connectivity index (χ0n) is 17.1. The van der Waals surface area contributed by atoms with Gasteiger partial charge in [0.25, 0.3) is 5.91 Å². The second kappa shape index (κ2) is 7.88. The van der Waals surface area contributed by atoms with Crippen molar-refractivity contribution in [1.29, 1.82) is 0 Å². The van der Waals surface area contributed by atoms with Crippen molar-refractivity contribution in [2.75, 3.05) is 25.7 Å². The number of halogens is 3. The lowest BCUT2D eigenvalue weighted by atomic mass is 9.97. The van der Waals surface area contributed by atoms with Crippen LogP contribution in [-0.2, 0) is 28.7 Å². The van der Waals surface area contributed by atoms with Crippen molar-refractivity contribution in [1.82, 2.24) is 0 Å². The monoisotopic (exact) mass is 435 g/mol. The molecular weight excluding hydrogens is 413 g/mol. The number of carbonyl (C=O) groups is 2. The minimum atomic E-state index is -4.55. The largest absolute Gasteiger partial charge is 0.493 e. The predicted molar refractivity (Wildman–Crippen MR) is 105 cm³/mol. The van der Waals surface area contributed by atoms with Gasteiger partial charge >= 0.3 is 6.18 Å². The normalized spacial score (nSPS) is 21.3. The maximum atomic E-state index is 13.1. The van der Waals surface area contributed by atoms with Crippen LogP contribution in [0.2, 0.25) is 0 Å². The molecule has 0 spiro atoms. The third-order valence-electron chi connectivity index (χ3n) is 5.91. The van der Waals surface area contributed by atoms with Gasteiger partial charge in [0, 0.05) is 12.0 Å². The number of alkyl halides is 3. The van der Waals surface area contributed by atoms with Gasteiger partial charge < -0.3 is 14.4 Å². The average Bonchev–Trinajstić information content (AvgIpc) is 3.05. The van der Waals surface area contributed by atoms with E-state index in [1.54, 1.807) is 14.2 Å². The molecule has 6 nitrogen and oxygen atoms in total. The topological polar surface area (TPSA) is 60.3 Å². The van der Waals surface area contributed by atoms with Crippen molar-refractivity contribution in [2.24, 2.45) is 0 Å². The highest BCUT2D eigenvalue weighted by Gasteiger charge is 2.47. The summed E-state index contributed by atoms with van der Waals surface area (Å²) in [5.41, 5.74) is 1.15. The molecule has 0 radical (unpaired) electrons. The van der Waals surface area contributed by atoms with E-state index in [0.29, 0.717) is 31.0 Å². The van der Waals surface area contributed by atoms with E-state index in [1.165, 1.54) is 12.1 Å². The number of carbonyl (C=O) groups excluding carboxylic acids is 2. The van der Waals surface area contributed by atoms with Gasteiger partial charge in [0.05, 0.1) is 38.4 Å². The lowest BCUT2D eigenvalue weighted by Crippen LogP contribution is -3.16. The Morgan fingerprint density at radius 1 is 1.03 bits per heavy atom. The minimum absolute atomic E-state index is 0.0347. The minimum Gasteiger partial charge on any atom is -0.493 e. The zero-order valence-corrected chi connectivity index (χ0v) is 17.1. The van der Waals surface area contributed by atoms with E-state index in [2.05, 4.69) is 0 Å². The van der Waals surface area contributed by atoms with Crippen LogP contribution in [0.3, 0.4) is 0 Å². The molecule has 1 N–H and O–H groups in total. The van der Waals surface area contributed by atoms with Crippen molar-refractivity contribution >= 4 is 17.5 Å². The summed E-state index contributed by atoms with van der Waals surface area (Å²) in [4.78, 5) is 27.5. The Morgan fingerprint density at radius 3 is 2.35 bits per heavy atom. The second-order valence-corrected chi connectivity index (χ2v) is 7.68. The molecule has 0 aliphatic carbocycles. The van der Waals surface area contributed by atoms with E-state index < -0.39 is 29.6 Å². The van der Waals surface area contributed by atoms with Gasteiger partial charge in [-0.05, 0) is 35.9 Å². The highest BCUT2D eigenvalue weighted by molar-refractivity contribution is 6.21. The number of anilines is 1. The lowest BCUT2D eigenvalue weighted by molar-refractivity contribution is -0.930. The number of hydrogen-bond acceptors (Lipinski definition) is 4. The molecule has 1 fully saturated rings. The molecule has 2 aliphatic heterocycles. The van der Waals surface area contributed by atoms with Crippen LogP contribution in [0.1, 0.15) is 23.1 Å². The first-order valence-electron chi connectivity index (χ1n) is 9.85. The van der Waals surface area contributed by atoms with Crippen LogP contribution in [0.15, 0.2) is 36.4 Å². The predicted octanol–water partition coefficient (Wildman–Crippen LogP) is 2.00. The quantitative estimate of drug-likeness (QED) is 0.747. The van der Waals surface area contributed by atoms with Gasteiger partial charge in [0.15, 0.2) is 17.5 Å². The van der Waals surface area contributed by atoms with Gasteiger partial charge in [0.1, 0.15) is 6.54 Å². The van der Waals surface area contributed by atoms with Crippen LogP contribution in [-0.4, -0.2) is 38.6 Å². The van der Waals surface area contributed by atoms with Crippen LogP contribution in [0.4, 0.5) is 18.9 Å². The summed E-state index contributed by atoms with van der Waals surface area (Å²) in [7, 11) is 3.11. The molecule has 1 unspecified atom stereocenters. The Kier molecular flexibility index (Phi) is 5.38. The average molecular weight is 435 g/mol. The van der Waals surface area contributed by atoms with Gasteiger partial charge in [0.2, 0.25) is 5.91 Å². The summed E-state index contributed by atoms with van der Waals surface area (Å²) in [5.74, 6) is 0.262. The number of fused-ring (bicyclic) bond motifs is 1. The fourth-order valence-electron chi connectivity index (χ4n) is 4.33. The van der Waals surface area contributed by atoms with Crippen LogP contribution < -0.4 is 19.3 Å². The highest BCUT2D eigenvalue weighted by atomic mass is 19.4. The number of nitrogens with one attached hydrogen (secondary N) is 1. The number of amides is 2. The van der Waals surface area contributed by atoms with Crippen molar-refractivity contribution < 1.29 is 37.1 Å². The maximum absolute atomic E-state index is 13.1. The SMILES string of the molecule is COc1cc2c(cc1OC)C[NH+]([C@H]1CC(=O)N(c3cccc(C(F)(F)F)c3)C1=O)CC2. The molecule has 2 aliphatic rings. The Hall–Kier alpha value is -3.07. The molecule has 164 valence electrons. The molecule has 0 bridgehead atoms. The molecule has 2 atom stereocenters. The Labute approximate surface area is 177 Å². The number of benzene rings is 2. The van der Waals surface area contributed by atoms with Crippen LogP contribution in [0.5, 0.6) is 11.5 Å². The van der Waals surface area contributed by atoms with Crippen molar-refractivity contribution in [3.8, 4) is 11.5 Å². The lowest BCUT2D eigenvalue weighted by Gasteiger charge is -2.30. The molecule has 4 rings (SSSR count). The fraction of sp³-hybridized carbons (Fsp3) is 0.364. The maximum Gasteiger partial charge on any atom is 0.416 e. The highest BCUT2D eigenvalue weighted by Crippen LogP contribution is 2.34. The summed E-state index contributed by atoms with van der Waals surface area (Å²) in [6.07, 6.45) is -3.90. The summed E-state index contributed by atoms with van der Waals surface area (Å²) in [5, 5.41) is 0. The van der Waals surface area contributed by atoms with Crippen molar-refractivity contribution in [3.63, 3.8) is 0 Å². The summed E-state index contributed by atoms with van der Waals surface area (Å²) >= 11 is 0. The summed E-state index contributed by atoms with van der Waals surface area (Å²) < 4.78 is 49.9. The molecule has 0 aromatic heterocycles. The molecule has 2 heterocycles. The van der Waals surface area contributed by atoms with Crippen molar-refractivity contribution in [3.05, 3.63) is 53.1 Å². The fourth-order valence-corrected chi connectivity index (χ4v) is 4.33. The van der Waals surface area contributed by atoms with Gasteiger partial charge in [-0.15, -0.1) is 0 Å². The van der Waals surface area contributed by atoms with E-state index in [0.717, 1.165) is 33.1 Å². The number of nitrogens with zero attached hydrogens (tertiary/aromatic N) is 1. The number of methoxy groups -OCH3 is 2. The first-order chi connectivity index (χ1) is 14.7. The molecule has 2 amide bonds. The van der Waals surface area contributed by atoms with Crippen LogP contribution in [0, 0.1) is 0 Å². The number of ether oxygens (including phenoxy) is 2. The first-order valence-corrected chi connectivity index (χ1v) is 9.85. The molecule has 9 heteroatoms. The van der Waals surface area contributed by atoms with Crippen molar-refractivity contribution in [2.45, 2.75) is 31.6 Å². The third kappa shape index (κ3) is 3.85. The van der Waals surface area contributed by atoms with Gasteiger partial charge in [-0.2, -0.15) is 13.2 Å². The number of quaternary nitrogens is 1. The summed E-state index contributed by atoms with van der Waals surface area (Å²) in [6, 6.07) is 7.47. The Bertz CT molecular complexity index is 1040. The molecule has 0 saturated carbocycles. The van der Waals surface area contributed by atoms with E-state index in [-0.39, 0.29) is 12.1 Å². The van der Waals surface area contributed by atoms with Crippen LogP contribution >= 0.6 is 0 Å². The van der Waals surface area contributed by atoms with Crippen LogP contribution in [0.25, 0.3) is 0 Å². The zero-order chi connectivity index (χ0) is 22.3. The Morgan fingerprint density at radius 2 is 1.71 bits per heavy atom. The third-order valence-corrected chi connectivity index (χ3v) is 5.91. The standard InChI is InChI=1S/C22H21F3N2O4/c1-30-18-8-13-6-7-26(12-14(13)9-19(18)31-2)17-11-20(28)27(21(17)29)16-5-3-4-15(10-16)22(23,24)25/h3-5,8-10,17H,6-7,11-12H2,1-2H3/p+1/t17-/m0/s1. The molecule has 2 aromatic carbocycles. The Balaban J connectivity index is 1.58. The summed E-state index contributed by atoms with van der Waals surface area (Å²) in [6.45, 7) is 1.14. The number of rotatable bonds is 4. The smallest absolute Gasteiger partial charge is 0.416 e. The second-order valence-electron chi connectivity index (χ2n) is 7.68. The molecular formula is C22H22F3N2O4+. The number of imide groups is 1. The van der Waals surface area contributed by atoms with E-state index >= 15 is 0 Å². The molecule has 2 aromatic rings. The van der Waals surface area contributed by atoms with E-state index in [1.807, 2.05) is 12.1 Å². The first kappa shape index (κ1) is 21.2. The number of hydrogen-bond donors (Lipinski definition) is 1. The van der Waals surface area contributed by atoms with Gasteiger partial charge in [-0.25, -0.2) is 4.90 Å². The molecule has 1 saturated heterocycles. The van der Waals surface area contributed by atoms with E-state index in [9.17, 15) is 22.8 Å². The van der Waals surface area contributed by atoms with Gasteiger partial charge in [-0.3, -0.25) is 9.59 Å².